The second-order valence-corrected chi connectivity index (χ2v) is 6.59. The lowest BCUT2D eigenvalue weighted by Crippen LogP contribution is -2.25. The number of nitrogens with one attached hydrogen (secondary N) is 1. The van der Waals surface area contributed by atoms with Crippen LogP contribution >= 0.6 is 0 Å². The van der Waals surface area contributed by atoms with E-state index in [4.69, 9.17) is 4.74 Å². The van der Waals surface area contributed by atoms with Crippen molar-refractivity contribution in [3.8, 4) is 0 Å². The zero-order chi connectivity index (χ0) is 18.3. The average Bonchev–Trinajstić information content (AvgIpc) is 2.61. The van der Waals surface area contributed by atoms with Gasteiger partial charge in [-0.15, -0.1) is 0 Å². The van der Waals surface area contributed by atoms with Gasteiger partial charge in [-0.1, -0.05) is 69.4 Å². The molecule has 0 heterocycles. The summed E-state index contributed by atoms with van der Waals surface area (Å²) in [6, 6.07) is 9.84. The lowest BCUT2D eigenvalue weighted by Gasteiger charge is -2.17. The molecule has 4 heteroatoms. The van der Waals surface area contributed by atoms with Crippen LogP contribution < -0.4 is 5.32 Å². The first-order chi connectivity index (χ1) is 12.1. The van der Waals surface area contributed by atoms with E-state index in [2.05, 4.69) is 12.2 Å². The van der Waals surface area contributed by atoms with Crippen molar-refractivity contribution in [3.05, 3.63) is 35.9 Å². The van der Waals surface area contributed by atoms with Crippen molar-refractivity contribution < 1.29 is 14.3 Å². The van der Waals surface area contributed by atoms with Gasteiger partial charge in [-0.2, -0.15) is 0 Å². The summed E-state index contributed by atoms with van der Waals surface area (Å²) in [4.78, 5) is 23.3. The van der Waals surface area contributed by atoms with E-state index in [9.17, 15) is 9.59 Å². The van der Waals surface area contributed by atoms with Gasteiger partial charge in [-0.25, -0.2) is 0 Å². The largest absolute Gasteiger partial charge is 0.463 e. The molecule has 1 rings (SSSR count). The van der Waals surface area contributed by atoms with Crippen molar-refractivity contribution in [1.29, 1.82) is 0 Å². The van der Waals surface area contributed by atoms with E-state index in [1.807, 2.05) is 30.3 Å². The second kappa shape index (κ2) is 13.5. The van der Waals surface area contributed by atoms with Crippen molar-refractivity contribution in [3.63, 3.8) is 0 Å². The molecule has 25 heavy (non-hydrogen) atoms. The zero-order valence-electron chi connectivity index (χ0n) is 15.8. The van der Waals surface area contributed by atoms with E-state index in [1.165, 1.54) is 32.6 Å². The number of amides is 1. The highest BCUT2D eigenvalue weighted by atomic mass is 16.5. The number of hydrogen-bond donors (Lipinski definition) is 1. The SMILES string of the molecule is CCCCCCCC[C@H](CCC(=O)NCc1ccccc1)OC(C)=O. The summed E-state index contributed by atoms with van der Waals surface area (Å²) < 4.78 is 5.37. The van der Waals surface area contributed by atoms with Crippen molar-refractivity contribution in [2.24, 2.45) is 0 Å². The number of unbranched alkanes of at least 4 members (excludes halogenated alkanes) is 5. The van der Waals surface area contributed by atoms with Gasteiger partial charge in [-0.3, -0.25) is 9.59 Å². The van der Waals surface area contributed by atoms with Crippen LogP contribution in [0.2, 0.25) is 0 Å². The fourth-order valence-corrected chi connectivity index (χ4v) is 2.83. The Balaban J connectivity index is 2.24. The quantitative estimate of drug-likeness (QED) is 0.413. The number of benzene rings is 1. The van der Waals surface area contributed by atoms with Gasteiger partial charge >= 0.3 is 5.97 Å². The van der Waals surface area contributed by atoms with Crippen LogP contribution in [0.15, 0.2) is 30.3 Å². The molecule has 0 aliphatic carbocycles. The summed E-state index contributed by atoms with van der Waals surface area (Å²) in [5, 5.41) is 2.92. The Bertz CT molecular complexity index is 487. The van der Waals surface area contributed by atoms with E-state index in [1.54, 1.807) is 0 Å². The minimum Gasteiger partial charge on any atom is -0.463 e. The number of esters is 1. The summed E-state index contributed by atoms with van der Waals surface area (Å²) in [6.45, 7) is 4.18. The maximum Gasteiger partial charge on any atom is 0.302 e. The predicted molar refractivity (Wildman–Crippen MR) is 101 cm³/mol. The molecule has 0 aromatic heterocycles. The van der Waals surface area contributed by atoms with Crippen molar-refractivity contribution in [1.82, 2.24) is 5.32 Å². The van der Waals surface area contributed by atoms with Gasteiger partial charge in [0.15, 0.2) is 0 Å². The van der Waals surface area contributed by atoms with Crippen LogP contribution in [-0.4, -0.2) is 18.0 Å². The summed E-state index contributed by atoms with van der Waals surface area (Å²) in [5.74, 6) is -0.260. The highest BCUT2D eigenvalue weighted by Gasteiger charge is 2.14. The standard InChI is InChI=1S/C21H33NO3/c1-3-4-5-6-7-11-14-20(25-18(2)23)15-16-21(24)22-17-19-12-9-8-10-13-19/h8-10,12-13,20H,3-7,11,14-17H2,1-2H3,(H,22,24)/t20-/m1/s1. The molecular weight excluding hydrogens is 314 g/mol. The molecule has 0 aliphatic rings. The number of carbonyl (C=O) groups is 2. The van der Waals surface area contributed by atoms with Crippen LogP contribution in [0, 0.1) is 0 Å². The smallest absolute Gasteiger partial charge is 0.302 e. The molecule has 1 atom stereocenters. The topological polar surface area (TPSA) is 55.4 Å². The number of hydrogen-bond acceptors (Lipinski definition) is 3. The van der Waals surface area contributed by atoms with E-state index >= 15 is 0 Å². The molecule has 0 unspecified atom stereocenters. The Hall–Kier alpha value is -1.84. The molecule has 1 aromatic rings. The minimum atomic E-state index is -0.263. The molecular formula is C21H33NO3. The molecule has 0 saturated heterocycles. The monoisotopic (exact) mass is 347 g/mol. The van der Waals surface area contributed by atoms with Crippen LogP contribution in [0.4, 0.5) is 0 Å². The zero-order valence-corrected chi connectivity index (χ0v) is 15.8. The second-order valence-electron chi connectivity index (χ2n) is 6.59. The molecule has 0 fully saturated rings. The highest BCUT2D eigenvalue weighted by Crippen LogP contribution is 2.14. The average molecular weight is 347 g/mol. The molecule has 1 aromatic carbocycles. The van der Waals surface area contributed by atoms with Crippen molar-refractivity contribution >= 4 is 11.9 Å². The first-order valence-electron chi connectivity index (χ1n) is 9.59. The first kappa shape index (κ1) is 21.2. The molecule has 4 nitrogen and oxygen atoms in total. The Labute approximate surface area is 152 Å². The van der Waals surface area contributed by atoms with E-state index in [0.717, 1.165) is 24.8 Å². The molecule has 0 bridgehead atoms. The lowest BCUT2D eigenvalue weighted by atomic mass is 10.0. The third-order valence-electron chi connectivity index (χ3n) is 4.24. The maximum absolute atomic E-state index is 12.0. The Morgan fingerprint density at radius 3 is 2.36 bits per heavy atom. The van der Waals surface area contributed by atoms with Crippen LogP contribution in [0.25, 0.3) is 0 Å². The molecule has 0 spiro atoms. The van der Waals surface area contributed by atoms with E-state index in [0.29, 0.717) is 19.4 Å². The van der Waals surface area contributed by atoms with Gasteiger partial charge in [0.05, 0.1) is 0 Å². The molecule has 0 aliphatic heterocycles. The highest BCUT2D eigenvalue weighted by molar-refractivity contribution is 5.75. The Morgan fingerprint density at radius 1 is 1.00 bits per heavy atom. The third kappa shape index (κ3) is 11.4. The fourth-order valence-electron chi connectivity index (χ4n) is 2.83. The van der Waals surface area contributed by atoms with Gasteiger partial charge < -0.3 is 10.1 Å². The lowest BCUT2D eigenvalue weighted by molar-refractivity contribution is -0.147. The van der Waals surface area contributed by atoms with Crippen LogP contribution in [-0.2, 0) is 20.9 Å². The first-order valence-corrected chi connectivity index (χ1v) is 9.59. The van der Waals surface area contributed by atoms with E-state index < -0.39 is 0 Å². The summed E-state index contributed by atoms with van der Waals surface area (Å²) in [5.41, 5.74) is 1.08. The van der Waals surface area contributed by atoms with E-state index in [-0.39, 0.29) is 18.0 Å². The van der Waals surface area contributed by atoms with Crippen LogP contribution in [0.5, 0.6) is 0 Å². The van der Waals surface area contributed by atoms with Gasteiger partial charge in [0, 0.05) is 19.9 Å². The van der Waals surface area contributed by atoms with Gasteiger partial charge in [0.1, 0.15) is 6.10 Å². The summed E-state index contributed by atoms with van der Waals surface area (Å²) in [6.07, 6.45) is 8.93. The molecule has 140 valence electrons. The van der Waals surface area contributed by atoms with Gasteiger partial charge in [0.25, 0.3) is 0 Å². The van der Waals surface area contributed by atoms with Crippen molar-refractivity contribution in [2.45, 2.75) is 84.3 Å². The van der Waals surface area contributed by atoms with Crippen LogP contribution in [0.3, 0.4) is 0 Å². The van der Waals surface area contributed by atoms with Crippen molar-refractivity contribution in [2.75, 3.05) is 0 Å². The molecule has 0 saturated carbocycles. The van der Waals surface area contributed by atoms with Crippen LogP contribution in [0.1, 0.15) is 77.2 Å². The van der Waals surface area contributed by atoms with Gasteiger partial charge in [0.2, 0.25) is 5.91 Å². The number of ether oxygens (including phenoxy) is 1. The summed E-state index contributed by atoms with van der Waals surface area (Å²) in [7, 11) is 0. The molecule has 1 amide bonds. The third-order valence-corrected chi connectivity index (χ3v) is 4.24. The molecule has 1 N–H and O–H groups in total. The summed E-state index contributed by atoms with van der Waals surface area (Å²) >= 11 is 0. The molecule has 0 radical (unpaired) electrons. The number of rotatable bonds is 13. The Kier molecular flexibility index (Phi) is 11.4. The van der Waals surface area contributed by atoms with Gasteiger partial charge in [-0.05, 0) is 24.8 Å². The normalized spacial score (nSPS) is 11.8. The Morgan fingerprint density at radius 2 is 1.68 bits per heavy atom. The fraction of sp³-hybridized carbons (Fsp3) is 0.619. The predicted octanol–water partition coefficient (Wildman–Crippen LogP) is 4.77. The minimum absolute atomic E-state index is 0.00366. The number of carbonyl (C=O) groups excluding carboxylic acids is 2. The maximum atomic E-state index is 12.0.